The molecule has 2 rings (SSSR count). The van der Waals surface area contributed by atoms with E-state index in [0.29, 0.717) is 10.6 Å². The average Bonchev–Trinajstić information content (AvgIpc) is 2.34. The second-order valence-corrected chi connectivity index (χ2v) is 6.94. The Hall–Kier alpha value is -0.770. The predicted octanol–water partition coefficient (Wildman–Crippen LogP) is 2.97. The number of sulfonamides is 1. The fourth-order valence-electron chi connectivity index (χ4n) is 1.56. The van der Waals surface area contributed by atoms with E-state index in [9.17, 15) is 8.42 Å². The summed E-state index contributed by atoms with van der Waals surface area (Å²) in [5, 5.41) is 8.31. The third-order valence-electron chi connectivity index (χ3n) is 2.44. The molecule has 0 radical (unpaired) electrons. The van der Waals surface area contributed by atoms with Crippen molar-refractivity contribution in [3.05, 3.63) is 46.0 Å². The number of primary sulfonamides is 1. The van der Waals surface area contributed by atoms with Gasteiger partial charge < -0.3 is 5.32 Å². The lowest BCUT2D eigenvalue weighted by molar-refractivity contribution is 0.596. The van der Waals surface area contributed by atoms with Gasteiger partial charge in [-0.3, -0.25) is 0 Å². The number of benzene rings is 2. The Kier molecular flexibility index (Phi) is 4.39. The van der Waals surface area contributed by atoms with Crippen LogP contribution in [0.15, 0.2) is 52.3 Å². The van der Waals surface area contributed by atoms with E-state index in [1.165, 1.54) is 6.07 Å². The van der Waals surface area contributed by atoms with E-state index < -0.39 is 10.0 Å². The van der Waals surface area contributed by atoms with Crippen LogP contribution in [0.1, 0.15) is 0 Å². The standard InChI is InChI=1S/C12H11IN2O2S2/c13-9-6-7-10(19(14,16)17)12(18)11(9)15-8-4-2-1-3-5-8/h1-7,15,18H,(H2,14,16,17). The first-order valence-electron chi connectivity index (χ1n) is 5.26. The van der Waals surface area contributed by atoms with E-state index in [-0.39, 0.29) is 4.90 Å². The fourth-order valence-corrected chi connectivity index (χ4v) is 3.62. The quantitative estimate of drug-likeness (QED) is 0.542. The summed E-state index contributed by atoms with van der Waals surface area (Å²) in [5.74, 6) is 0. The van der Waals surface area contributed by atoms with Gasteiger partial charge in [-0.15, -0.1) is 12.6 Å². The van der Waals surface area contributed by atoms with Crippen molar-refractivity contribution < 1.29 is 8.42 Å². The smallest absolute Gasteiger partial charge is 0.239 e. The molecule has 0 saturated carbocycles. The van der Waals surface area contributed by atoms with E-state index in [2.05, 4.69) is 40.5 Å². The van der Waals surface area contributed by atoms with Gasteiger partial charge in [0, 0.05) is 14.2 Å². The zero-order valence-electron chi connectivity index (χ0n) is 9.67. The van der Waals surface area contributed by atoms with Crippen molar-refractivity contribution in [1.82, 2.24) is 0 Å². The van der Waals surface area contributed by atoms with Crippen molar-refractivity contribution in [2.45, 2.75) is 9.79 Å². The summed E-state index contributed by atoms with van der Waals surface area (Å²) in [6.45, 7) is 0. The van der Waals surface area contributed by atoms with Gasteiger partial charge in [0.15, 0.2) is 0 Å². The Bertz CT molecular complexity index is 703. The van der Waals surface area contributed by atoms with Crippen LogP contribution >= 0.6 is 35.2 Å². The van der Waals surface area contributed by atoms with Crippen molar-refractivity contribution in [3.63, 3.8) is 0 Å². The summed E-state index contributed by atoms with van der Waals surface area (Å²) in [6, 6.07) is 12.6. The molecule has 0 saturated heterocycles. The van der Waals surface area contributed by atoms with Crippen molar-refractivity contribution in [2.75, 3.05) is 5.32 Å². The molecule has 0 heterocycles. The third kappa shape index (κ3) is 3.41. The summed E-state index contributed by atoms with van der Waals surface area (Å²) in [7, 11) is -3.78. The van der Waals surface area contributed by atoms with E-state index >= 15 is 0 Å². The van der Waals surface area contributed by atoms with Gasteiger partial charge >= 0.3 is 0 Å². The van der Waals surface area contributed by atoms with E-state index in [0.717, 1.165) is 9.26 Å². The van der Waals surface area contributed by atoms with Gasteiger partial charge in [0.1, 0.15) is 0 Å². The van der Waals surface area contributed by atoms with Crippen molar-refractivity contribution in [3.8, 4) is 0 Å². The molecule has 0 bridgehead atoms. The minimum Gasteiger partial charge on any atom is -0.354 e. The highest BCUT2D eigenvalue weighted by atomic mass is 127. The topological polar surface area (TPSA) is 72.2 Å². The van der Waals surface area contributed by atoms with Gasteiger partial charge in [-0.25, -0.2) is 13.6 Å². The van der Waals surface area contributed by atoms with Crippen LogP contribution in [-0.4, -0.2) is 8.42 Å². The predicted molar refractivity (Wildman–Crippen MR) is 87.5 cm³/mol. The lowest BCUT2D eigenvalue weighted by Crippen LogP contribution is -2.14. The number of hydrogen-bond donors (Lipinski definition) is 3. The molecule has 0 spiro atoms. The second kappa shape index (κ2) is 5.70. The first kappa shape index (κ1) is 14.6. The van der Waals surface area contributed by atoms with Gasteiger partial charge in [-0.05, 0) is 46.9 Å². The molecule has 0 aliphatic rings. The molecule has 0 aliphatic carbocycles. The van der Waals surface area contributed by atoms with Gasteiger partial charge in [0.25, 0.3) is 0 Å². The number of rotatable bonds is 3. The Morgan fingerprint density at radius 2 is 1.74 bits per heavy atom. The highest BCUT2D eigenvalue weighted by molar-refractivity contribution is 14.1. The molecule has 4 nitrogen and oxygen atoms in total. The minimum absolute atomic E-state index is 0.00896. The first-order chi connectivity index (χ1) is 8.89. The molecular weight excluding hydrogens is 395 g/mol. The normalized spacial score (nSPS) is 11.3. The Balaban J connectivity index is 2.52. The molecule has 0 unspecified atom stereocenters. The van der Waals surface area contributed by atoms with E-state index in [1.54, 1.807) is 6.07 Å². The molecule has 0 aromatic heterocycles. The molecule has 19 heavy (non-hydrogen) atoms. The number of hydrogen-bond acceptors (Lipinski definition) is 4. The van der Waals surface area contributed by atoms with Crippen LogP contribution in [0.3, 0.4) is 0 Å². The molecule has 0 amide bonds. The van der Waals surface area contributed by atoms with Crippen LogP contribution in [0, 0.1) is 3.57 Å². The zero-order chi connectivity index (χ0) is 14.0. The molecule has 7 heteroatoms. The van der Waals surface area contributed by atoms with Gasteiger partial charge in [-0.2, -0.15) is 0 Å². The molecule has 3 N–H and O–H groups in total. The monoisotopic (exact) mass is 406 g/mol. The molecule has 0 fully saturated rings. The number of nitrogens with two attached hydrogens (primary N) is 1. The Morgan fingerprint density at radius 1 is 1.11 bits per heavy atom. The lowest BCUT2D eigenvalue weighted by Gasteiger charge is -2.13. The van der Waals surface area contributed by atoms with Crippen LogP contribution in [0.25, 0.3) is 0 Å². The molecule has 2 aromatic rings. The van der Waals surface area contributed by atoms with Crippen LogP contribution in [0.2, 0.25) is 0 Å². The van der Waals surface area contributed by atoms with Crippen LogP contribution < -0.4 is 10.5 Å². The number of anilines is 2. The maximum Gasteiger partial charge on any atom is 0.239 e. The molecule has 0 atom stereocenters. The van der Waals surface area contributed by atoms with Gasteiger partial charge in [-0.1, -0.05) is 18.2 Å². The van der Waals surface area contributed by atoms with Crippen molar-refractivity contribution >= 4 is 56.6 Å². The molecule has 2 aromatic carbocycles. The Morgan fingerprint density at radius 3 is 2.32 bits per heavy atom. The van der Waals surface area contributed by atoms with E-state index in [1.807, 2.05) is 30.3 Å². The summed E-state index contributed by atoms with van der Waals surface area (Å²) >= 11 is 6.39. The van der Waals surface area contributed by atoms with Gasteiger partial charge in [0.2, 0.25) is 10.0 Å². The summed E-state index contributed by atoms with van der Waals surface area (Å²) in [6.07, 6.45) is 0. The second-order valence-electron chi connectivity index (χ2n) is 3.81. The summed E-state index contributed by atoms with van der Waals surface area (Å²) in [5.41, 5.74) is 1.48. The van der Waals surface area contributed by atoms with Crippen LogP contribution in [0.5, 0.6) is 0 Å². The fraction of sp³-hybridized carbons (Fsp3) is 0. The highest BCUT2D eigenvalue weighted by Gasteiger charge is 2.17. The van der Waals surface area contributed by atoms with E-state index in [4.69, 9.17) is 5.14 Å². The first-order valence-corrected chi connectivity index (χ1v) is 8.33. The van der Waals surface area contributed by atoms with Crippen LogP contribution in [-0.2, 0) is 10.0 Å². The minimum atomic E-state index is -3.78. The number of halogens is 1. The van der Waals surface area contributed by atoms with Crippen molar-refractivity contribution in [1.29, 1.82) is 0 Å². The number of thiol groups is 1. The zero-order valence-corrected chi connectivity index (χ0v) is 13.5. The summed E-state index contributed by atoms with van der Waals surface area (Å²) < 4.78 is 23.8. The maximum atomic E-state index is 11.5. The lowest BCUT2D eigenvalue weighted by atomic mass is 10.2. The van der Waals surface area contributed by atoms with Gasteiger partial charge in [0.05, 0.1) is 10.6 Å². The third-order valence-corrected chi connectivity index (χ3v) is 4.91. The molecular formula is C12H11IN2O2S2. The van der Waals surface area contributed by atoms with Crippen molar-refractivity contribution in [2.24, 2.45) is 5.14 Å². The Labute approximate surface area is 131 Å². The number of nitrogens with one attached hydrogen (secondary N) is 1. The SMILES string of the molecule is NS(=O)(=O)c1ccc(I)c(Nc2ccccc2)c1S. The highest BCUT2D eigenvalue weighted by Crippen LogP contribution is 2.33. The van der Waals surface area contributed by atoms with Crippen LogP contribution in [0.4, 0.5) is 11.4 Å². The average molecular weight is 406 g/mol. The summed E-state index contributed by atoms with van der Waals surface area (Å²) in [4.78, 5) is 0.327. The molecule has 100 valence electrons. The number of para-hydroxylation sites is 1. The largest absolute Gasteiger partial charge is 0.354 e. The molecule has 0 aliphatic heterocycles. The maximum absolute atomic E-state index is 11.5.